The van der Waals surface area contributed by atoms with E-state index in [-0.39, 0.29) is 17.9 Å². The second-order valence-corrected chi connectivity index (χ2v) is 4.08. The monoisotopic (exact) mass is 227 g/mol. The lowest BCUT2D eigenvalue weighted by molar-refractivity contribution is 0.426. The minimum atomic E-state index is -1.46. The quantitative estimate of drug-likeness (QED) is 0.477. The van der Waals surface area contributed by atoms with E-state index in [1.165, 1.54) is 0 Å². The molecule has 0 bridgehead atoms. The van der Waals surface area contributed by atoms with Gasteiger partial charge in [0.15, 0.2) is 0 Å². The summed E-state index contributed by atoms with van der Waals surface area (Å²) in [5.41, 5.74) is 1.20. The molecule has 0 atom stereocenters. The van der Waals surface area contributed by atoms with Crippen LogP contribution in [-0.2, 0) is 11.9 Å². The highest BCUT2D eigenvalue weighted by Crippen LogP contribution is 2.14. The molecule has 82 valence electrons. The Morgan fingerprint density at radius 1 is 1.27 bits per heavy atom. The van der Waals surface area contributed by atoms with E-state index in [9.17, 15) is 4.21 Å². The maximum Gasteiger partial charge on any atom is 0.488 e. The Balaban J connectivity index is 2.92. The third kappa shape index (κ3) is 3.05. The summed E-state index contributed by atoms with van der Waals surface area (Å²) in [6, 6.07) is 6.73. The molecular formula is C9H14BNO3S. The van der Waals surface area contributed by atoms with Gasteiger partial charge in [0.2, 0.25) is 0 Å². The van der Waals surface area contributed by atoms with Gasteiger partial charge in [0.25, 0.3) is 0 Å². The fourth-order valence-electron chi connectivity index (χ4n) is 1.24. The molecule has 6 heteroatoms. The summed E-state index contributed by atoms with van der Waals surface area (Å²) in [4.78, 5) is 0. The summed E-state index contributed by atoms with van der Waals surface area (Å²) in [5.74, 6) is 0. The van der Waals surface area contributed by atoms with Gasteiger partial charge in [0.1, 0.15) is 11.9 Å². The van der Waals surface area contributed by atoms with Crippen molar-refractivity contribution in [1.29, 1.82) is 0 Å². The molecule has 0 unspecified atom stereocenters. The van der Waals surface area contributed by atoms with Gasteiger partial charge in [-0.2, -0.15) is 0 Å². The SMILES string of the molecule is CC(C)N([SH]=O)c1ccc(B(O)O)cc1. The molecule has 0 saturated heterocycles. The van der Waals surface area contributed by atoms with Gasteiger partial charge in [0.05, 0.1) is 0 Å². The molecule has 0 aliphatic heterocycles. The van der Waals surface area contributed by atoms with Crippen molar-refractivity contribution >= 4 is 30.1 Å². The molecular weight excluding hydrogens is 213 g/mol. The summed E-state index contributed by atoms with van der Waals surface area (Å²) >= 11 is -0.0700. The molecule has 4 nitrogen and oxygen atoms in total. The molecule has 2 N–H and O–H groups in total. The van der Waals surface area contributed by atoms with Crippen molar-refractivity contribution in [3.05, 3.63) is 24.3 Å². The highest BCUT2D eigenvalue weighted by atomic mass is 32.2. The topological polar surface area (TPSA) is 60.8 Å². The third-order valence-electron chi connectivity index (χ3n) is 2.03. The average Bonchev–Trinajstić information content (AvgIpc) is 2.19. The van der Waals surface area contributed by atoms with Gasteiger partial charge in [-0.05, 0) is 31.4 Å². The Labute approximate surface area is 93.3 Å². The molecule has 15 heavy (non-hydrogen) atoms. The van der Waals surface area contributed by atoms with Crippen LogP contribution in [0.25, 0.3) is 0 Å². The summed E-state index contributed by atoms with van der Waals surface area (Å²) in [7, 11) is -1.46. The lowest BCUT2D eigenvalue weighted by Gasteiger charge is -2.21. The van der Waals surface area contributed by atoms with E-state index < -0.39 is 7.12 Å². The first kappa shape index (κ1) is 12.2. The summed E-state index contributed by atoms with van der Waals surface area (Å²) < 4.78 is 12.6. The highest BCUT2D eigenvalue weighted by Gasteiger charge is 2.12. The zero-order valence-electron chi connectivity index (χ0n) is 8.66. The lowest BCUT2D eigenvalue weighted by Crippen LogP contribution is -2.31. The number of anilines is 1. The smallest absolute Gasteiger partial charge is 0.423 e. The molecule has 0 spiro atoms. The Hall–Kier alpha value is -0.845. The minimum absolute atomic E-state index is 0.0700. The molecule has 1 rings (SSSR count). The van der Waals surface area contributed by atoms with E-state index >= 15 is 0 Å². The molecule has 0 aliphatic rings. The van der Waals surface area contributed by atoms with Gasteiger partial charge in [-0.25, -0.2) is 4.21 Å². The van der Waals surface area contributed by atoms with Crippen molar-refractivity contribution < 1.29 is 14.3 Å². The van der Waals surface area contributed by atoms with Gasteiger partial charge in [-0.15, -0.1) is 0 Å². The molecule has 1 aromatic rings. The number of rotatable bonds is 4. The Morgan fingerprint density at radius 2 is 1.80 bits per heavy atom. The first-order chi connectivity index (χ1) is 7.06. The summed E-state index contributed by atoms with van der Waals surface area (Å²) in [6.07, 6.45) is 0. The second kappa shape index (κ2) is 5.30. The number of nitrogens with zero attached hydrogens (tertiary/aromatic N) is 1. The van der Waals surface area contributed by atoms with Crippen LogP contribution in [0, 0.1) is 0 Å². The maximum absolute atomic E-state index is 10.9. The third-order valence-corrected chi connectivity index (χ3v) is 2.90. The van der Waals surface area contributed by atoms with Gasteiger partial charge in [-0.1, -0.05) is 12.1 Å². The van der Waals surface area contributed by atoms with Crippen molar-refractivity contribution in [2.24, 2.45) is 0 Å². The average molecular weight is 227 g/mol. The van der Waals surface area contributed by atoms with E-state index in [0.717, 1.165) is 5.69 Å². The van der Waals surface area contributed by atoms with Crippen molar-refractivity contribution in [3.8, 4) is 0 Å². The van der Waals surface area contributed by atoms with Crippen LogP contribution in [0.4, 0.5) is 5.69 Å². The second-order valence-electron chi connectivity index (χ2n) is 3.49. The van der Waals surface area contributed by atoms with Crippen molar-refractivity contribution in [3.63, 3.8) is 0 Å². The van der Waals surface area contributed by atoms with Crippen LogP contribution >= 0.6 is 0 Å². The van der Waals surface area contributed by atoms with Crippen LogP contribution in [0.5, 0.6) is 0 Å². The molecule has 0 fully saturated rings. The molecule has 1 aromatic carbocycles. The lowest BCUT2D eigenvalue weighted by atomic mass is 9.80. The van der Waals surface area contributed by atoms with E-state index in [2.05, 4.69) is 0 Å². The normalized spacial score (nSPS) is 10.5. The fraction of sp³-hybridized carbons (Fsp3) is 0.333. The summed E-state index contributed by atoms with van der Waals surface area (Å²) in [5, 5.41) is 17.8. The van der Waals surface area contributed by atoms with Crippen LogP contribution < -0.4 is 9.77 Å². The van der Waals surface area contributed by atoms with Crippen LogP contribution in [0.2, 0.25) is 0 Å². The largest absolute Gasteiger partial charge is 0.488 e. The Kier molecular flexibility index (Phi) is 4.32. The van der Waals surface area contributed by atoms with E-state index in [1.807, 2.05) is 13.8 Å². The fourth-order valence-corrected chi connectivity index (χ4v) is 1.65. The number of hydrogen-bond acceptors (Lipinski definition) is 3. The number of benzene rings is 1. The van der Waals surface area contributed by atoms with E-state index in [4.69, 9.17) is 10.0 Å². The Bertz CT molecular complexity index is 329. The molecule has 0 aromatic heterocycles. The van der Waals surface area contributed by atoms with Crippen LogP contribution in [0.1, 0.15) is 13.8 Å². The van der Waals surface area contributed by atoms with Crippen LogP contribution in [0.3, 0.4) is 0 Å². The standard InChI is InChI=1S/C9H14BNO3S/c1-7(2)11(15-14)9-5-3-8(4-6-9)10(12)13/h3-7,12-13,15H,1-2H3. The predicted octanol–water partition coefficient (Wildman–Crippen LogP) is -0.559. The van der Waals surface area contributed by atoms with Gasteiger partial charge in [0, 0.05) is 11.7 Å². The van der Waals surface area contributed by atoms with E-state index in [1.54, 1.807) is 28.6 Å². The van der Waals surface area contributed by atoms with Crippen molar-refractivity contribution in [1.82, 2.24) is 0 Å². The van der Waals surface area contributed by atoms with Gasteiger partial charge in [-0.3, -0.25) is 4.31 Å². The molecule has 0 radical (unpaired) electrons. The summed E-state index contributed by atoms with van der Waals surface area (Å²) in [6.45, 7) is 3.86. The van der Waals surface area contributed by atoms with Crippen LogP contribution in [0.15, 0.2) is 24.3 Å². The number of hydrogen-bond donors (Lipinski definition) is 3. The zero-order chi connectivity index (χ0) is 11.4. The van der Waals surface area contributed by atoms with Crippen molar-refractivity contribution in [2.75, 3.05) is 4.31 Å². The maximum atomic E-state index is 10.9. The zero-order valence-corrected chi connectivity index (χ0v) is 9.56. The van der Waals surface area contributed by atoms with Crippen LogP contribution in [-0.4, -0.2) is 27.4 Å². The molecule has 0 saturated carbocycles. The number of thiol groups is 1. The minimum Gasteiger partial charge on any atom is -0.423 e. The van der Waals surface area contributed by atoms with E-state index in [0.29, 0.717) is 5.46 Å². The highest BCUT2D eigenvalue weighted by molar-refractivity contribution is 7.67. The molecule has 0 amide bonds. The first-order valence-electron chi connectivity index (χ1n) is 4.65. The molecule has 0 heterocycles. The van der Waals surface area contributed by atoms with Crippen molar-refractivity contribution in [2.45, 2.75) is 19.9 Å². The predicted molar refractivity (Wildman–Crippen MR) is 63.4 cm³/mol. The molecule has 0 aliphatic carbocycles. The van der Waals surface area contributed by atoms with Gasteiger partial charge >= 0.3 is 7.12 Å². The Morgan fingerprint density at radius 3 is 2.13 bits per heavy atom. The van der Waals surface area contributed by atoms with Gasteiger partial charge < -0.3 is 10.0 Å². The first-order valence-corrected chi connectivity index (χ1v) is 5.41.